The summed E-state index contributed by atoms with van der Waals surface area (Å²) in [6.45, 7) is 2.60. The molecule has 0 unspecified atom stereocenters. The molecule has 2 aromatic heterocycles. The Kier molecular flexibility index (Phi) is 4.40. The van der Waals surface area contributed by atoms with Gasteiger partial charge in [0.25, 0.3) is 0 Å². The molecule has 0 atom stereocenters. The SMILES string of the molecule is CCOC(=O)CCn1c(-c2ccncc2)n[nH]c1=S. The number of carbonyl (C=O) groups is 1. The zero-order chi connectivity index (χ0) is 13.7. The van der Waals surface area contributed by atoms with E-state index in [4.69, 9.17) is 17.0 Å². The highest BCUT2D eigenvalue weighted by Gasteiger charge is 2.10. The van der Waals surface area contributed by atoms with E-state index in [1.165, 1.54) is 0 Å². The Balaban J connectivity index is 2.19. The van der Waals surface area contributed by atoms with Crippen molar-refractivity contribution in [2.24, 2.45) is 0 Å². The van der Waals surface area contributed by atoms with Crippen LogP contribution in [0.3, 0.4) is 0 Å². The Bertz CT molecular complexity index is 606. The van der Waals surface area contributed by atoms with Crippen molar-refractivity contribution in [2.45, 2.75) is 19.9 Å². The van der Waals surface area contributed by atoms with Crippen molar-refractivity contribution in [3.05, 3.63) is 29.3 Å². The number of carbonyl (C=O) groups excluding carboxylic acids is 1. The number of ether oxygens (including phenoxy) is 1. The number of esters is 1. The van der Waals surface area contributed by atoms with Crippen molar-refractivity contribution < 1.29 is 9.53 Å². The van der Waals surface area contributed by atoms with Gasteiger partial charge in [-0.25, -0.2) is 0 Å². The lowest BCUT2D eigenvalue weighted by Gasteiger charge is -2.06. The molecular formula is C12H14N4O2S. The highest BCUT2D eigenvalue weighted by molar-refractivity contribution is 7.71. The molecule has 0 amide bonds. The summed E-state index contributed by atoms with van der Waals surface area (Å²) in [6, 6.07) is 3.68. The van der Waals surface area contributed by atoms with Crippen LogP contribution in [0, 0.1) is 4.77 Å². The highest BCUT2D eigenvalue weighted by Crippen LogP contribution is 2.16. The van der Waals surface area contributed by atoms with Crippen molar-refractivity contribution in [1.29, 1.82) is 0 Å². The lowest BCUT2D eigenvalue weighted by molar-refractivity contribution is -0.143. The molecule has 0 aromatic carbocycles. The molecule has 1 N–H and O–H groups in total. The van der Waals surface area contributed by atoms with Gasteiger partial charge in [0.1, 0.15) is 0 Å². The topological polar surface area (TPSA) is 72.8 Å². The van der Waals surface area contributed by atoms with Gasteiger partial charge in [-0.3, -0.25) is 19.4 Å². The summed E-state index contributed by atoms with van der Waals surface area (Å²) in [5, 5.41) is 6.91. The van der Waals surface area contributed by atoms with Gasteiger partial charge in [0.15, 0.2) is 10.6 Å². The summed E-state index contributed by atoms with van der Waals surface area (Å²) < 4.78 is 7.16. The molecule has 0 spiro atoms. The van der Waals surface area contributed by atoms with E-state index >= 15 is 0 Å². The predicted octanol–water partition coefficient (Wildman–Crippen LogP) is 1.96. The molecule has 6 nitrogen and oxygen atoms in total. The molecule has 100 valence electrons. The minimum absolute atomic E-state index is 0.244. The molecule has 7 heteroatoms. The molecule has 0 bridgehead atoms. The number of hydrogen-bond donors (Lipinski definition) is 1. The molecule has 0 aliphatic rings. The van der Waals surface area contributed by atoms with Crippen LogP contribution in [0.1, 0.15) is 13.3 Å². The Labute approximate surface area is 115 Å². The van der Waals surface area contributed by atoms with Gasteiger partial charge in [0.05, 0.1) is 13.0 Å². The summed E-state index contributed by atoms with van der Waals surface area (Å²) >= 11 is 5.17. The molecular weight excluding hydrogens is 264 g/mol. The van der Waals surface area contributed by atoms with E-state index in [0.29, 0.717) is 23.7 Å². The van der Waals surface area contributed by atoms with Gasteiger partial charge in [0, 0.05) is 24.5 Å². The predicted molar refractivity (Wildman–Crippen MR) is 71.9 cm³/mol. The van der Waals surface area contributed by atoms with Crippen LogP contribution in [0.25, 0.3) is 11.4 Å². The quantitative estimate of drug-likeness (QED) is 0.668. The van der Waals surface area contributed by atoms with Gasteiger partial charge in [-0.15, -0.1) is 0 Å². The van der Waals surface area contributed by atoms with E-state index in [2.05, 4.69) is 15.2 Å². The third-order valence-electron chi connectivity index (χ3n) is 2.54. The first-order chi connectivity index (χ1) is 9.22. The van der Waals surface area contributed by atoms with Gasteiger partial charge < -0.3 is 4.74 Å². The minimum Gasteiger partial charge on any atom is -0.466 e. The summed E-state index contributed by atoms with van der Waals surface area (Å²) in [4.78, 5) is 15.3. The molecule has 0 saturated carbocycles. The fraction of sp³-hybridized carbons (Fsp3) is 0.333. The van der Waals surface area contributed by atoms with E-state index in [1.807, 2.05) is 12.1 Å². The van der Waals surface area contributed by atoms with E-state index in [0.717, 1.165) is 5.56 Å². The number of pyridine rings is 1. The maximum Gasteiger partial charge on any atom is 0.307 e. The number of nitrogens with zero attached hydrogens (tertiary/aromatic N) is 3. The highest BCUT2D eigenvalue weighted by atomic mass is 32.1. The van der Waals surface area contributed by atoms with Crippen molar-refractivity contribution >= 4 is 18.2 Å². The van der Waals surface area contributed by atoms with Crippen LogP contribution in [0.2, 0.25) is 0 Å². The first kappa shape index (κ1) is 13.4. The average molecular weight is 278 g/mol. The molecule has 2 heterocycles. The van der Waals surface area contributed by atoms with E-state index in [1.54, 1.807) is 23.9 Å². The summed E-state index contributed by atoms with van der Waals surface area (Å²) in [5.74, 6) is 0.447. The van der Waals surface area contributed by atoms with Gasteiger partial charge in [-0.2, -0.15) is 5.10 Å². The van der Waals surface area contributed by atoms with Crippen LogP contribution in [0.4, 0.5) is 0 Å². The standard InChI is InChI=1S/C12H14N4O2S/c1-2-18-10(17)5-8-16-11(14-15-12(16)19)9-3-6-13-7-4-9/h3-4,6-7H,2,5,8H2,1H3,(H,15,19). The molecule has 2 rings (SSSR count). The first-order valence-electron chi connectivity index (χ1n) is 5.93. The largest absolute Gasteiger partial charge is 0.466 e. The maximum atomic E-state index is 11.4. The average Bonchev–Trinajstić information content (AvgIpc) is 2.79. The summed E-state index contributed by atoms with van der Waals surface area (Å²) in [6.07, 6.45) is 3.63. The molecule has 0 fully saturated rings. The van der Waals surface area contributed by atoms with Crippen LogP contribution in [0.5, 0.6) is 0 Å². The third kappa shape index (κ3) is 3.25. The maximum absolute atomic E-state index is 11.4. The number of rotatable bonds is 5. The van der Waals surface area contributed by atoms with Crippen molar-refractivity contribution in [3.8, 4) is 11.4 Å². The second-order valence-electron chi connectivity index (χ2n) is 3.79. The van der Waals surface area contributed by atoms with Gasteiger partial charge >= 0.3 is 5.97 Å². The molecule has 0 saturated heterocycles. The van der Waals surface area contributed by atoms with Gasteiger partial charge in [0.2, 0.25) is 0 Å². The lowest BCUT2D eigenvalue weighted by atomic mass is 10.2. The van der Waals surface area contributed by atoms with Crippen LogP contribution in [-0.4, -0.2) is 32.3 Å². The molecule has 0 aliphatic heterocycles. The van der Waals surface area contributed by atoms with Crippen LogP contribution in [-0.2, 0) is 16.1 Å². The third-order valence-corrected chi connectivity index (χ3v) is 2.85. The summed E-state index contributed by atoms with van der Waals surface area (Å²) in [5.41, 5.74) is 0.895. The Morgan fingerprint density at radius 1 is 1.47 bits per heavy atom. The number of nitrogens with one attached hydrogen (secondary N) is 1. The number of H-pyrrole nitrogens is 1. The van der Waals surface area contributed by atoms with Crippen molar-refractivity contribution in [3.63, 3.8) is 0 Å². The molecule has 0 aliphatic carbocycles. The van der Waals surface area contributed by atoms with E-state index < -0.39 is 0 Å². The second-order valence-corrected chi connectivity index (χ2v) is 4.18. The number of aromatic amines is 1. The second kappa shape index (κ2) is 6.24. The van der Waals surface area contributed by atoms with Crippen LogP contribution >= 0.6 is 12.2 Å². The van der Waals surface area contributed by atoms with E-state index in [-0.39, 0.29) is 12.4 Å². The summed E-state index contributed by atoms with van der Waals surface area (Å²) in [7, 11) is 0. The molecule has 2 aromatic rings. The fourth-order valence-corrected chi connectivity index (χ4v) is 1.91. The zero-order valence-electron chi connectivity index (χ0n) is 10.5. The van der Waals surface area contributed by atoms with Crippen LogP contribution in [0.15, 0.2) is 24.5 Å². The number of hydrogen-bond acceptors (Lipinski definition) is 5. The van der Waals surface area contributed by atoms with Crippen LogP contribution < -0.4 is 0 Å². The van der Waals surface area contributed by atoms with Crippen molar-refractivity contribution in [2.75, 3.05) is 6.61 Å². The monoisotopic (exact) mass is 278 g/mol. The Morgan fingerprint density at radius 3 is 2.89 bits per heavy atom. The van der Waals surface area contributed by atoms with Crippen molar-refractivity contribution in [1.82, 2.24) is 19.7 Å². The number of aromatic nitrogens is 4. The molecule has 0 radical (unpaired) electrons. The first-order valence-corrected chi connectivity index (χ1v) is 6.34. The molecule has 19 heavy (non-hydrogen) atoms. The minimum atomic E-state index is -0.244. The van der Waals surface area contributed by atoms with Gasteiger partial charge in [-0.1, -0.05) is 0 Å². The zero-order valence-corrected chi connectivity index (χ0v) is 11.3. The smallest absolute Gasteiger partial charge is 0.307 e. The van der Waals surface area contributed by atoms with E-state index in [9.17, 15) is 4.79 Å². The van der Waals surface area contributed by atoms with Gasteiger partial charge in [-0.05, 0) is 31.3 Å². The Morgan fingerprint density at radius 2 is 2.21 bits per heavy atom. The normalized spacial score (nSPS) is 10.4. The fourth-order valence-electron chi connectivity index (χ4n) is 1.68. The lowest BCUT2D eigenvalue weighted by Crippen LogP contribution is -2.10. The Hall–Kier alpha value is -2.02.